The minimum Gasteiger partial charge on any atom is -0.324 e. The van der Waals surface area contributed by atoms with Gasteiger partial charge in [0, 0.05) is 38.4 Å². The molecule has 0 saturated carbocycles. The van der Waals surface area contributed by atoms with Crippen LogP contribution in [0.1, 0.15) is 18.1 Å². The second-order valence-electron chi connectivity index (χ2n) is 7.05. The van der Waals surface area contributed by atoms with Crippen LogP contribution >= 0.6 is 12.2 Å². The molecule has 27 heavy (non-hydrogen) atoms. The molecule has 2 heterocycles. The number of amides is 1. The lowest BCUT2D eigenvalue weighted by Crippen LogP contribution is -2.49. The number of carbonyl (C=O) groups is 1. The van der Waals surface area contributed by atoms with Gasteiger partial charge in [-0.3, -0.25) is 14.6 Å². The zero-order chi connectivity index (χ0) is 19.4. The summed E-state index contributed by atoms with van der Waals surface area (Å²) < 4.78 is 4.58. The Morgan fingerprint density at radius 3 is 2.37 bits per heavy atom. The van der Waals surface area contributed by atoms with Crippen molar-refractivity contribution in [3.8, 4) is 0 Å². The van der Waals surface area contributed by atoms with Gasteiger partial charge in [-0.1, -0.05) is 18.2 Å². The van der Waals surface area contributed by atoms with Crippen molar-refractivity contribution in [2.45, 2.75) is 34.0 Å². The first kappa shape index (κ1) is 19.7. The topological polar surface area (TPSA) is 58.3 Å². The van der Waals surface area contributed by atoms with E-state index in [1.54, 1.807) is 6.33 Å². The Hall–Kier alpha value is -2.03. The van der Waals surface area contributed by atoms with Gasteiger partial charge in [-0.05, 0) is 44.1 Å². The molecule has 2 aromatic rings. The van der Waals surface area contributed by atoms with E-state index < -0.39 is 0 Å². The Morgan fingerprint density at radius 1 is 1.15 bits per heavy atom. The number of aromatic nitrogens is 3. The second kappa shape index (κ2) is 8.77. The van der Waals surface area contributed by atoms with Crippen LogP contribution in [0.3, 0.4) is 0 Å². The first-order valence-electron chi connectivity index (χ1n) is 9.41. The number of piperazine rings is 1. The first-order chi connectivity index (χ1) is 13.0. The number of carbonyl (C=O) groups excluding carboxylic acids is 1. The minimum absolute atomic E-state index is 0.0461. The summed E-state index contributed by atoms with van der Waals surface area (Å²) in [5.74, 6) is 0.0461. The highest BCUT2D eigenvalue weighted by Gasteiger charge is 2.20. The van der Waals surface area contributed by atoms with Gasteiger partial charge in [0.05, 0.1) is 13.2 Å². The van der Waals surface area contributed by atoms with E-state index in [-0.39, 0.29) is 5.91 Å². The lowest BCUT2D eigenvalue weighted by atomic mass is 10.1. The number of nitrogens with one attached hydrogen (secondary N) is 1. The second-order valence-corrected chi connectivity index (χ2v) is 7.41. The fourth-order valence-corrected chi connectivity index (χ4v) is 3.64. The summed E-state index contributed by atoms with van der Waals surface area (Å²) in [5.41, 5.74) is 3.12. The van der Waals surface area contributed by atoms with Crippen LogP contribution in [-0.4, -0.2) is 62.8 Å². The zero-order valence-electron chi connectivity index (χ0n) is 16.3. The van der Waals surface area contributed by atoms with Crippen molar-refractivity contribution in [2.24, 2.45) is 0 Å². The molecule has 1 N–H and O–H groups in total. The Morgan fingerprint density at radius 2 is 1.78 bits per heavy atom. The molecule has 0 aliphatic carbocycles. The van der Waals surface area contributed by atoms with E-state index >= 15 is 0 Å². The predicted octanol–water partition coefficient (Wildman–Crippen LogP) is 2.26. The van der Waals surface area contributed by atoms with E-state index in [2.05, 4.69) is 27.1 Å². The lowest BCUT2D eigenvalue weighted by molar-refractivity contribution is -0.117. The predicted molar refractivity (Wildman–Crippen MR) is 109 cm³/mol. The third kappa shape index (κ3) is 4.82. The Balaban J connectivity index is 1.48. The number of para-hydroxylation sites is 1. The summed E-state index contributed by atoms with van der Waals surface area (Å²) in [5, 5.41) is 7.44. The molecule has 0 bridgehead atoms. The highest BCUT2D eigenvalue weighted by Crippen LogP contribution is 2.19. The van der Waals surface area contributed by atoms with Gasteiger partial charge in [0.15, 0.2) is 4.77 Å². The number of nitrogens with zero attached hydrogens (tertiary/aromatic N) is 5. The van der Waals surface area contributed by atoms with Crippen LogP contribution in [0.2, 0.25) is 0 Å². The smallest absolute Gasteiger partial charge is 0.238 e. The average molecular weight is 389 g/mol. The summed E-state index contributed by atoms with van der Waals surface area (Å²) in [4.78, 5) is 17.0. The van der Waals surface area contributed by atoms with Crippen LogP contribution in [0.15, 0.2) is 24.5 Å². The standard InChI is InChI=1S/C19H28N6OS/c1-4-24-13-20-25(19(24)27)14-23-10-8-22(9-11-23)12-17(26)21-18-15(2)6-5-7-16(18)3/h5-7,13H,4,8-12,14H2,1-3H3,(H,21,26). The monoisotopic (exact) mass is 388 g/mol. The van der Waals surface area contributed by atoms with Crippen molar-refractivity contribution in [1.29, 1.82) is 0 Å². The molecule has 1 saturated heterocycles. The van der Waals surface area contributed by atoms with E-state index in [0.717, 1.165) is 54.3 Å². The van der Waals surface area contributed by atoms with Gasteiger partial charge in [0.2, 0.25) is 5.91 Å². The molecule has 0 spiro atoms. The van der Waals surface area contributed by atoms with Crippen LogP contribution < -0.4 is 5.32 Å². The molecule has 146 valence electrons. The molecular weight excluding hydrogens is 360 g/mol. The summed E-state index contributed by atoms with van der Waals surface area (Å²) in [6.45, 7) is 11.6. The maximum Gasteiger partial charge on any atom is 0.238 e. The molecule has 1 aliphatic rings. The van der Waals surface area contributed by atoms with Crippen LogP contribution in [-0.2, 0) is 18.0 Å². The van der Waals surface area contributed by atoms with E-state index in [9.17, 15) is 4.79 Å². The van der Waals surface area contributed by atoms with E-state index in [1.165, 1.54) is 0 Å². The third-order valence-electron chi connectivity index (χ3n) is 5.05. The van der Waals surface area contributed by atoms with Crippen LogP contribution in [0, 0.1) is 18.6 Å². The SMILES string of the molecule is CCn1cnn(CN2CCN(CC(=O)Nc3c(C)cccc3C)CC2)c1=S. The maximum absolute atomic E-state index is 12.4. The van der Waals surface area contributed by atoms with Gasteiger partial charge in [-0.15, -0.1) is 0 Å². The largest absolute Gasteiger partial charge is 0.324 e. The number of hydrogen-bond donors (Lipinski definition) is 1. The normalized spacial score (nSPS) is 15.8. The van der Waals surface area contributed by atoms with Crippen LogP contribution in [0.4, 0.5) is 5.69 Å². The molecule has 1 fully saturated rings. The van der Waals surface area contributed by atoms with Crippen molar-refractivity contribution in [1.82, 2.24) is 24.1 Å². The highest BCUT2D eigenvalue weighted by molar-refractivity contribution is 7.71. The number of anilines is 1. The molecule has 1 aliphatic heterocycles. The number of rotatable bonds is 6. The Kier molecular flexibility index (Phi) is 6.41. The molecule has 1 amide bonds. The molecule has 7 nitrogen and oxygen atoms in total. The van der Waals surface area contributed by atoms with Gasteiger partial charge in [-0.25, -0.2) is 4.68 Å². The van der Waals surface area contributed by atoms with Crippen molar-refractivity contribution in [3.63, 3.8) is 0 Å². The summed E-state index contributed by atoms with van der Waals surface area (Å²) in [6.07, 6.45) is 1.79. The average Bonchev–Trinajstić information content (AvgIpc) is 3.00. The zero-order valence-corrected chi connectivity index (χ0v) is 17.1. The fourth-order valence-electron chi connectivity index (χ4n) is 3.36. The first-order valence-corrected chi connectivity index (χ1v) is 9.81. The molecule has 8 heteroatoms. The van der Waals surface area contributed by atoms with Crippen molar-refractivity contribution < 1.29 is 4.79 Å². The van der Waals surface area contributed by atoms with Gasteiger partial charge in [0.25, 0.3) is 0 Å². The number of benzene rings is 1. The highest BCUT2D eigenvalue weighted by atomic mass is 32.1. The number of aryl methyl sites for hydroxylation is 3. The quantitative estimate of drug-likeness (QED) is 0.770. The van der Waals surface area contributed by atoms with E-state index in [0.29, 0.717) is 13.2 Å². The van der Waals surface area contributed by atoms with Crippen LogP contribution in [0.25, 0.3) is 0 Å². The Bertz CT molecular complexity index is 830. The van der Waals surface area contributed by atoms with Gasteiger partial charge >= 0.3 is 0 Å². The van der Waals surface area contributed by atoms with Gasteiger partial charge in [-0.2, -0.15) is 5.10 Å². The molecule has 0 unspecified atom stereocenters. The third-order valence-corrected chi connectivity index (χ3v) is 5.49. The molecular formula is C19H28N6OS. The molecule has 3 rings (SSSR count). The van der Waals surface area contributed by atoms with E-state index in [1.807, 2.05) is 41.3 Å². The van der Waals surface area contributed by atoms with Gasteiger partial charge in [0.1, 0.15) is 6.33 Å². The summed E-state index contributed by atoms with van der Waals surface area (Å²) >= 11 is 5.43. The van der Waals surface area contributed by atoms with Crippen molar-refractivity contribution >= 4 is 23.8 Å². The van der Waals surface area contributed by atoms with E-state index in [4.69, 9.17) is 12.2 Å². The number of hydrogen-bond acceptors (Lipinski definition) is 5. The van der Waals surface area contributed by atoms with Gasteiger partial charge < -0.3 is 9.88 Å². The summed E-state index contributed by atoms with van der Waals surface area (Å²) in [7, 11) is 0. The molecule has 1 aromatic carbocycles. The lowest BCUT2D eigenvalue weighted by Gasteiger charge is -2.34. The Labute approximate surface area is 165 Å². The van der Waals surface area contributed by atoms with Crippen molar-refractivity contribution in [3.05, 3.63) is 40.4 Å². The molecule has 1 aromatic heterocycles. The van der Waals surface area contributed by atoms with Crippen molar-refractivity contribution in [2.75, 3.05) is 38.0 Å². The summed E-state index contributed by atoms with van der Waals surface area (Å²) in [6, 6.07) is 6.05. The van der Waals surface area contributed by atoms with Crippen LogP contribution in [0.5, 0.6) is 0 Å². The minimum atomic E-state index is 0.0461. The maximum atomic E-state index is 12.4. The molecule has 0 radical (unpaired) electrons. The fraction of sp³-hybridized carbons (Fsp3) is 0.526. The molecule has 0 atom stereocenters.